The van der Waals surface area contributed by atoms with Gasteiger partial charge in [0.05, 0.1) is 23.5 Å². The van der Waals surface area contributed by atoms with Crippen LogP contribution < -0.4 is 11.0 Å². The first-order chi connectivity index (χ1) is 13.0. The Morgan fingerprint density at radius 1 is 1.26 bits per heavy atom. The molecule has 134 valence electrons. The normalized spacial score (nSPS) is 10.8. The largest absolute Gasteiger partial charge is 0.494 e. The van der Waals surface area contributed by atoms with Crippen molar-refractivity contribution in [2.75, 3.05) is 0 Å². The molecule has 0 radical (unpaired) electrons. The summed E-state index contributed by atoms with van der Waals surface area (Å²) in [5, 5.41) is 24.3. The van der Waals surface area contributed by atoms with Crippen LogP contribution in [0, 0.1) is 11.3 Å². The average molecular weight is 381 g/mol. The van der Waals surface area contributed by atoms with Gasteiger partial charge in [0, 0.05) is 15.8 Å². The molecule has 1 aromatic heterocycles. The van der Waals surface area contributed by atoms with Crippen LogP contribution in [0.25, 0.3) is 16.5 Å². The van der Waals surface area contributed by atoms with E-state index in [0.717, 1.165) is 4.57 Å². The summed E-state index contributed by atoms with van der Waals surface area (Å²) in [6, 6.07) is 14.9. The van der Waals surface area contributed by atoms with Crippen molar-refractivity contribution >= 4 is 34.5 Å². The molecule has 0 fully saturated rings. The van der Waals surface area contributed by atoms with Crippen molar-refractivity contribution in [3.63, 3.8) is 0 Å². The van der Waals surface area contributed by atoms with Crippen LogP contribution in [-0.2, 0) is 4.79 Å². The van der Waals surface area contributed by atoms with Gasteiger partial charge in [-0.25, -0.2) is 9.99 Å². The summed E-state index contributed by atoms with van der Waals surface area (Å²) in [7, 11) is 0. The minimum Gasteiger partial charge on any atom is -0.494 e. The van der Waals surface area contributed by atoms with E-state index in [9.17, 15) is 14.7 Å². The van der Waals surface area contributed by atoms with E-state index >= 15 is 0 Å². The molecule has 2 aromatic carbocycles. The molecular formula is C19H13ClN4O3. The van der Waals surface area contributed by atoms with Crippen LogP contribution in [0.2, 0.25) is 5.02 Å². The van der Waals surface area contributed by atoms with Gasteiger partial charge in [0.2, 0.25) is 5.88 Å². The van der Waals surface area contributed by atoms with Gasteiger partial charge in [-0.1, -0.05) is 35.9 Å². The maximum absolute atomic E-state index is 12.9. The van der Waals surface area contributed by atoms with E-state index in [0.29, 0.717) is 21.5 Å². The lowest BCUT2D eigenvalue weighted by Crippen LogP contribution is -2.21. The third kappa shape index (κ3) is 3.66. The summed E-state index contributed by atoms with van der Waals surface area (Å²) in [6.45, 7) is 0. The molecule has 8 heteroatoms. The average Bonchev–Trinajstić information content (AvgIpc) is 2.65. The fourth-order valence-electron chi connectivity index (χ4n) is 2.62. The second kappa shape index (κ2) is 7.72. The van der Waals surface area contributed by atoms with Crippen molar-refractivity contribution in [2.24, 2.45) is 5.10 Å². The van der Waals surface area contributed by atoms with E-state index in [1.165, 1.54) is 6.21 Å². The molecule has 0 aliphatic carbocycles. The van der Waals surface area contributed by atoms with Crippen molar-refractivity contribution in [2.45, 2.75) is 6.42 Å². The number of carbonyl (C=O) groups is 1. The van der Waals surface area contributed by atoms with Crippen molar-refractivity contribution < 1.29 is 9.90 Å². The number of amides is 1. The van der Waals surface area contributed by atoms with Crippen LogP contribution in [0.3, 0.4) is 0 Å². The van der Waals surface area contributed by atoms with Gasteiger partial charge in [-0.15, -0.1) is 0 Å². The SMILES string of the molecule is N#CCC(=O)NN=Cc1c(O)n(-c2cccc(Cl)c2)c(=O)c2ccccc12. The number of halogens is 1. The number of nitrogens with one attached hydrogen (secondary N) is 1. The number of rotatable bonds is 4. The van der Waals surface area contributed by atoms with E-state index in [-0.39, 0.29) is 17.9 Å². The van der Waals surface area contributed by atoms with Crippen molar-refractivity contribution in [1.29, 1.82) is 5.26 Å². The number of nitriles is 1. The highest BCUT2D eigenvalue weighted by Gasteiger charge is 2.16. The summed E-state index contributed by atoms with van der Waals surface area (Å²) in [6.07, 6.45) is 0.888. The molecule has 7 nitrogen and oxygen atoms in total. The van der Waals surface area contributed by atoms with Gasteiger partial charge in [0.25, 0.3) is 11.5 Å². The van der Waals surface area contributed by atoms with Crippen molar-refractivity contribution in [3.8, 4) is 17.6 Å². The molecule has 1 amide bonds. The highest BCUT2D eigenvalue weighted by atomic mass is 35.5. The topological polar surface area (TPSA) is 107 Å². The molecule has 1 heterocycles. The lowest BCUT2D eigenvalue weighted by Gasteiger charge is -2.13. The van der Waals surface area contributed by atoms with Crippen molar-refractivity contribution in [3.05, 3.63) is 69.5 Å². The van der Waals surface area contributed by atoms with Crippen LogP contribution >= 0.6 is 11.6 Å². The number of hydrazone groups is 1. The predicted molar refractivity (Wildman–Crippen MR) is 102 cm³/mol. The minimum absolute atomic E-state index is 0.238. The lowest BCUT2D eigenvalue weighted by molar-refractivity contribution is -0.120. The van der Waals surface area contributed by atoms with Crippen LogP contribution in [0.5, 0.6) is 5.88 Å². The maximum atomic E-state index is 12.9. The highest BCUT2D eigenvalue weighted by molar-refractivity contribution is 6.30. The zero-order chi connectivity index (χ0) is 19.4. The number of pyridine rings is 1. The predicted octanol–water partition coefficient (Wildman–Crippen LogP) is 2.71. The summed E-state index contributed by atoms with van der Waals surface area (Å²) in [5.74, 6) is -0.931. The standard InChI is InChI=1S/C19H13ClN4O3/c20-12-4-3-5-13(10-12)24-18(26)15-7-2-1-6-14(15)16(19(24)27)11-22-23-17(25)8-9-21/h1-7,10-11,27H,8H2,(H,23,25). The molecule has 0 aliphatic heterocycles. The first-order valence-corrected chi connectivity index (χ1v) is 8.22. The molecule has 0 spiro atoms. The van der Waals surface area contributed by atoms with Gasteiger partial charge in [-0.05, 0) is 24.3 Å². The molecule has 0 aliphatic rings. The monoisotopic (exact) mass is 380 g/mol. The Balaban J connectivity index is 2.21. The van der Waals surface area contributed by atoms with Crippen LogP contribution in [0.1, 0.15) is 12.0 Å². The van der Waals surface area contributed by atoms with Crippen molar-refractivity contribution in [1.82, 2.24) is 9.99 Å². The minimum atomic E-state index is -0.583. The summed E-state index contributed by atoms with van der Waals surface area (Å²) >= 11 is 6.01. The van der Waals surface area contributed by atoms with Gasteiger partial charge < -0.3 is 5.11 Å². The molecule has 0 unspecified atom stereocenters. The Labute approximate surface area is 158 Å². The van der Waals surface area contributed by atoms with Gasteiger partial charge in [-0.2, -0.15) is 10.4 Å². The number of benzene rings is 2. The number of hydrogen-bond acceptors (Lipinski definition) is 5. The third-order valence-corrected chi connectivity index (χ3v) is 4.03. The maximum Gasteiger partial charge on any atom is 0.265 e. The second-order valence-electron chi connectivity index (χ2n) is 5.53. The molecule has 27 heavy (non-hydrogen) atoms. The van der Waals surface area contributed by atoms with E-state index in [1.54, 1.807) is 54.6 Å². The van der Waals surface area contributed by atoms with Crippen LogP contribution in [0.15, 0.2) is 58.4 Å². The number of carbonyl (C=O) groups excluding carboxylic acids is 1. The Kier molecular flexibility index (Phi) is 5.20. The summed E-state index contributed by atoms with van der Waals surface area (Å²) in [4.78, 5) is 24.3. The molecule has 0 bridgehead atoms. The molecule has 0 saturated carbocycles. The highest BCUT2D eigenvalue weighted by Crippen LogP contribution is 2.26. The molecule has 0 saturated heterocycles. The lowest BCUT2D eigenvalue weighted by atomic mass is 10.1. The van der Waals surface area contributed by atoms with E-state index in [4.69, 9.17) is 16.9 Å². The van der Waals surface area contributed by atoms with Gasteiger partial charge in [0.1, 0.15) is 6.42 Å². The molecule has 0 atom stereocenters. The first kappa shape index (κ1) is 18.2. The van der Waals surface area contributed by atoms with Crippen LogP contribution in [0.4, 0.5) is 0 Å². The van der Waals surface area contributed by atoms with Gasteiger partial charge >= 0.3 is 0 Å². The summed E-state index contributed by atoms with van der Waals surface area (Å²) < 4.78 is 1.12. The number of fused-ring (bicyclic) bond motifs is 1. The second-order valence-corrected chi connectivity index (χ2v) is 5.97. The number of aromatic nitrogens is 1. The zero-order valence-electron chi connectivity index (χ0n) is 13.9. The first-order valence-electron chi connectivity index (χ1n) is 7.84. The number of nitrogens with zero attached hydrogens (tertiary/aromatic N) is 3. The zero-order valence-corrected chi connectivity index (χ0v) is 14.6. The number of aromatic hydroxyl groups is 1. The molecule has 3 aromatic rings. The number of hydrogen-bond donors (Lipinski definition) is 2. The van der Waals surface area contributed by atoms with Gasteiger partial charge in [0.15, 0.2) is 0 Å². The summed E-state index contributed by atoms with van der Waals surface area (Å²) in [5.41, 5.74) is 2.40. The van der Waals surface area contributed by atoms with Gasteiger partial charge in [-0.3, -0.25) is 9.59 Å². The van der Waals surface area contributed by atoms with Crippen LogP contribution in [-0.4, -0.2) is 21.8 Å². The van der Waals surface area contributed by atoms with E-state index in [1.807, 2.05) is 0 Å². The molecular weight excluding hydrogens is 368 g/mol. The fourth-order valence-corrected chi connectivity index (χ4v) is 2.81. The van der Waals surface area contributed by atoms with E-state index in [2.05, 4.69) is 10.5 Å². The third-order valence-electron chi connectivity index (χ3n) is 3.79. The van der Waals surface area contributed by atoms with E-state index < -0.39 is 11.5 Å². The quantitative estimate of drug-likeness (QED) is 0.536. The smallest absolute Gasteiger partial charge is 0.265 e. The fraction of sp³-hybridized carbons (Fsp3) is 0.0526. The molecule has 2 N–H and O–H groups in total. The Hall–Kier alpha value is -3.63. The Morgan fingerprint density at radius 2 is 2.00 bits per heavy atom. The Morgan fingerprint density at radius 3 is 2.70 bits per heavy atom. The molecule has 3 rings (SSSR count). The Bertz CT molecular complexity index is 1160.